The van der Waals surface area contributed by atoms with Crippen LogP contribution in [0.2, 0.25) is 0 Å². The van der Waals surface area contributed by atoms with Crippen LogP contribution in [0, 0.1) is 11.5 Å². The van der Waals surface area contributed by atoms with Gasteiger partial charge in [0.1, 0.15) is 11.7 Å². The number of carbonyl (C=O) groups excluding carboxylic acids is 2. The number of hydrogen-bond donors (Lipinski definition) is 2. The van der Waals surface area contributed by atoms with Crippen LogP contribution in [0.1, 0.15) is 16.1 Å². The molecule has 150 valence electrons. The minimum atomic E-state index is -0.876. The van der Waals surface area contributed by atoms with E-state index in [2.05, 4.69) is 10.3 Å². The highest BCUT2D eigenvalue weighted by atomic mass is 16.2. The monoisotopic (exact) mass is 399 g/mol. The molecule has 0 aliphatic rings. The number of aryl methyl sites for hydroxylation is 1. The highest BCUT2D eigenvalue weighted by Crippen LogP contribution is 2.21. The predicted octanol–water partition coefficient (Wildman–Crippen LogP) is 2.94. The molecule has 2 amide bonds. The third-order valence-electron chi connectivity index (χ3n) is 5.37. The Labute approximate surface area is 173 Å². The van der Waals surface area contributed by atoms with E-state index in [9.17, 15) is 14.9 Å². The molecular formula is C23H21N5O2. The summed E-state index contributed by atoms with van der Waals surface area (Å²) in [5.74, 6) is -0.826. The van der Waals surface area contributed by atoms with Gasteiger partial charge >= 0.3 is 0 Å². The lowest BCUT2D eigenvalue weighted by atomic mass is 10.0. The van der Waals surface area contributed by atoms with Crippen molar-refractivity contribution < 1.29 is 9.59 Å². The molecule has 0 spiro atoms. The lowest BCUT2D eigenvalue weighted by Crippen LogP contribution is -2.47. The molecule has 2 N–H and O–H groups in total. The van der Waals surface area contributed by atoms with Crippen LogP contribution in [-0.2, 0) is 18.3 Å². The van der Waals surface area contributed by atoms with Gasteiger partial charge in [-0.3, -0.25) is 14.5 Å². The van der Waals surface area contributed by atoms with Gasteiger partial charge in [-0.1, -0.05) is 36.4 Å². The van der Waals surface area contributed by atoms with Crippen molar-refractivity contribution >= 4 is 33.6 Å². The average molecular weight is 399 g/mol. The lowest BCUT2D eigenvalue weighted by Gasteiger charge is -2.20. The highest BCUT2D eigenvalue weighted by Gasteiger charge is 2.27. The van der Waals surface area contributed by atoms with Crippen molar-refractivity contribution in [1.82, 2.24) is 19.8 Å². The standard InChI is InChI=1S/C23H21N5O2/c1-27(14-24)23(30)19(11-16-13-25-18-9-5-4-8-17(16)18)26-22(29)21-12-15-7-3-6-10-20(15)28(21)2/h3-10,12-13,19,25H,11H2,1-2H3,(H,26,29). The molecule has 0 fully saturated rings. The number of nitrogens with one attached hydrogen (secondary N) is 2. The molecule has 2 aromatic carbocycles. The second-order valence-electron chi connectivity index (χ2n) is 7.23. The largest absolute Gasteiger partial charge is 0.361 e. The highest BCUT2D eigenvalue weighted by molar-refractivity contribution is 6.01. The van der Waals surface area contributed by atoms with E-state index in [0.717, 1.165) is 32.3 Å². The van der Waals surface area contributed by atoms with Crippen LogP contribution in [-0.4, -0.2) is 39.4 Å². The molecule has 0 bridgehead atoms. The Morgan fingerprint density at radius 2 is 1.93 bits per heavy atom. The molecule has 1 unspecified atom stereocenters. The fourth-order valence-electron chi connectivity index (χ4n) is 3.74. The Balaban J connectivity index is 1.65. The molecule has 2 heterocycles. The molecule has 0 aliphatic heterocycles. The Kier molecular flexibility index (Phi) is 4.98. The first-order valence-corrected chi connectivity index (χ1v) is 9.57. The van der Waals surface area contributed by atoms with Crippen LogP contribution in [0.25, 0.3) is 21.8 Å². The van der Waals surface area contributed by atoms with Crippen LogP contribution in [0.5, 0.6) is 0 Å². The van der Waals surface area contributed by atoms with Gasteiger partial charge < -0.3 is 14.9 Å². The Bertz CT molecular complexity index is 1290. The number of nitrogens with zero attached hydrogens (tertiary/aromatic N) is 3. The number of likely N-dealkylation sites (N-methyl/N-ethyl adjacent to an activating group) is 1. The van der Waals surface area contributed by atoms with E-state index in [1.807, 2.05) is 68.0 Å². The first-order chi connectivity index (χ1) is 14.5. The molecule has 0 saturated heterocycles. The molecular weight excluding hydrogens is 378 g/mol. The quantitative estimate of drug-likeness (QED) is 0.399. The second-order valence-corrected chi connectivity index (χ2v) is 7.23. The van der Waals surface area contributed by atoms with Gasteiger partial charge in [0.2, 0.25) is 0 Å². The van der Waals surface area contributed by atoms with Crippen molar-refractivity contribution in [2.45, 2.75) is 12.5 Å². The molecule has 30 heavy (non-hydrogen) atoms. The van der Waals surface area contributed by atoms with Crippen molar-refractivity contribution in [3.8, 4) is 6.19 Å². The number of carbonyl (C=O) groups is 2. The van der Waals surface area contributed by atoms with E-state index in [0.29, 0.717) is 5.69 Å². The second kappa shape index (κ2) is 7.76. The number of fused-ring (bicyclic) bond motifs is 2. The van der Waals surface area contributed by atoms with Gasteiger partial charge in [0, 0.05) is 48.5 Å². The summed E-state index contributed by atoms with van der Waals surface area (Å²) in [6.45, 7) is 0. The number of rotatable bonds is 5. The zero-order valence-corrected chi connectivity index (χ0v) is 16.7. The van der Waals surface area contributed by atoms with Gasteiger partial charge in [0.05, 0.1) is 0 Å². The summed E-state index contributed by atoms with van der Waals surface area (Å²) in [7, 11) is 3.21. The Hall–Kier alpha value is -4.05. The fraction of sp³-hybridized carbons (Fsp3) is 0.174. The average Bonchev–Trinajstić information content (AvgIpc) is 3.33. The molecule has 7 heteroatoms. The third-order valence-corrected chi connectivity index (χ3v) is 5.37. The zero-order valence-electron chi connectivity index (χ0n) is 16.7. The predicted molar refractivity (Wildman–Crippen MR) is 115 cm³/mol. The molecule has 7 nitrogen and oxygen atoms in total. The van der Waals surface area contributed by atoms with Gasteiger partial charge in [-0.2, -0.15) is 5.26 Å². The number of benzene rings is 2. The molecule has 0 radical (unpaired) electrons. The Morgan fingerprint density at radius 1 is 1.20 bits per heavy atom. The molecule has 0 saturated carbocycles. The summed E-state index contributed by atoms with van der Waals surface area (Å²) < 4.78 is 1.80. The lowest BCUT2D eigenvalue weighted by molar-refractivity contribution is -0.129. The smallest absolute Gasteiger partial charge is 0.268 e. The number of para-hydroxylation sites is 2. The van der Waals surface area contributed by atoms with Crippen LogP contribution in [0.15, 0.2) is 60.8 Å². The summed E-state index contributed by atoms with van der Waals surface area (Å²) in [5, 5.41) is 13.9. The fourth-order valence-corrected chi connectivity index (χ4v) is 3.74. The number of H-pyrrole nitrogens is 1. The van der Waals surface area contributed by atoms with Gasteiger partial charge in [0.25, 0.3) is 11.8 Å². The van der Waals surface area contributed by atoms with E-state index in [1.165, 1.54) is 7.05 Å². The van der Waals surface area contributed by atoms with Crippen molar-refractivity contribution in [2.24, 2.45) is 7.05 Å². The SMILES string of the molecule is CN(C#N)C(=O)C(Cc1c[nH]c2ccccc12)NC(=O)c1cc2ccccc2n1C. The first kappa shape index (κ1) is 19.3. The summed E-state index contributed by atoms with van der Waals surface area (Å²) in [6, 6.07) is 16.4. The van der Waals surface area contributed by atoms with Crippen molar-refractivity contribution in [2.75, 3.05) is 7.05 Å². The topological polar surface area (TPSA) is 93.9 Å². The third kappa shape index (κ3) is 3.40. The van der Waals surface area contributed by atoms with E-state index < -0.39 is 11.9 Å². The van der Waals surface area contributed by atoms with E-state index >= 15 is 0 Å². The normalized spacial score (nSPS) is 11.9. The van der Waals surface area contributed by atoms with Crippen molar-refractivity contribution in [3.63, 3.8) is 0 Å². The summed E-state index contributed by atoms with van der Waals surface area (Å²) >= 11 is 0. The minimum Gasteiger partial charge on any atom is -0.361 e. The Morgan fingerprint density at radius 3 is 2.70 bits per heavy atom. The van der Waals surface area contributed by atoms with Crippen LogP contribution >= 0.6 is 0 Å². The molecule has 2 aromatic heterocycles. The van der Waals surface area contributed by atoms with Crippen LogP contribution in [0.4, 0.5) is 0 Å². The van der Waals surface area contributed by atoms with E-state index in [4.69, 9.17) is 0 Å². The molecule has 4 rings (SSSR count). The maximum atomic E-state index is 13.1. The maximum absolute atomic E-state index is 13.1. The van der Waals surface area contributed by atoms with E-state index in [-0.39, 0.29) is 12.3 Å². The number of nitriles is 1. The van der Waals surface area contributed by atoms with Crippen LogP contribution < -0.4 is 5.32 Å². The van der Waals surface area contributed by atoms with Gasteiger partial charge in [-0.25, -0.2) is 0 Å². The van der Waals surface area contributed by atoms with E-state index in [1.54, 1.807) is 10.6 Å². The van der Waals surface area contributed by atoms with Gasteiger partial charge in [-0.05, 0) is 23.8 Å². The summed E-state index contributed by atoms with van der Waals surface area (Å²) in [4.78, 5) is 30.0. The number of aromatic amines is 1. The molecule has 0 aliphatic carbocycles. The van der Waals surface area contributed by atoms with Crippen molar-refractivity contribution in [3.05, 3.63) is 72.1 Å². The molecule has 1 atom stereocenters. The van der Waals surface area contributed by atoms with Crippen molar-refractivity contribution in [1.29, 1.82) is 5.26 Å². The van der Waals surface area contributed by atoms with Crippen LogP contribution in [0.3, 0.4) is 0 Å². The summed E-state index contributed by atoms with van der Waals surface area (Å²) in [6.07, 6.45) is 3.93. The first-order valence-electron chi connectivity index (χ1n) is 9.57. The minimum absolute atomic E-state index is 0.268. The summed E-state index contributed by atoms with van der Waals surface area (Å²) in [5.41, 5.74) is 3.23. The number of hydrogen-bond acceptors (Lipinski definition) is 3. The van der Waals surface area contributed by atoms with Gasteiger partial charge in [0.15, 0.2) is 6.19 Å². The number of amides is 2. The molecule has 4 aromatic rings. The number of aromatic nitrogens is 2. The zero-order chi connectivity index (χ0) is 21.3. The maximum Gasteiger partial charge on any atom is 0.268 e. The van der Waals surface area contributed by atoms with Gasteiger partial charge in [-0.15, -0.1) is 0 Å².